The van der Waals surface area contributed by atoms with Crippen molar-refractivity contribution in [2.75, 3.05) is 12.4 Å². The summed E-state index contributed by atoms with van der Waals surface area (Å²) in [5.74, 6) is -0.340. The molecule has 1 fully saturated rings. The summed E-state index contributed by atoms with van der Waals surface area (Å²) in [6.07, 6.45) is 3.54. The highest BCUT2D eigenvalue weighted by atomic mass is 35.5. The van der Waals surface area contributed by atoms with Gasteiger partial charge in [-0.15, -0.1) is 23.7 Å². The molecule has 0 radical (unpaired) electrons. The van der Waals surface area contributed by atoms with Crippen LogP contribution in [0.15, 0.2) is 23.6 Å². The van der Waals surface area contributed by atoms with Crippen molar-refractivity contribution >= 4 is 34.8 Å². The Labute approximate surface area is 156 Å². The lowest BCUT2D eigenvalue weighted by molar-refractivity contribution is -0.120. The fourth-order valence-corrected chi connectivity index (χ4v) is 3.69. The molecule has 3 rings (SSSR count). The fourth-order valence-electron chi connectivity index (χ4n) is 2.96. The third-order valence-corrected chi connectivity index (χ3v) is 5.03. The number of nitrogens with two attached hydrogens (primary N) is 1. The van der Waals surface area contributed by atoms with E-state index in [4.69, 9.17) is 10.5 Å². The maximum absolute atomic E-state index is 13.8. The van der Waals surface area contributed by atoms with E-state index in [1.807, 2.05) is 0 Å². The Kier molecular flexibility index (Phi) is 6.75. The lowest BCUT2D eigenvalue weighted by Crippen LogP contribution is -2.34. The zero-order valence-electron chi connectivity index (χ0n) is 13.8. The maximum atomic E-state index is 13.8. The lowest BCUT2D eigenvalue weighted by atomic mass is 9.86. The summed E-state index contributed by atoms with van der Waals surface area (Å²) in [6, 6.07) is 4.78. The van der Waals surface area contributed by atoms with Crippen LogP contribution in [0.25, 0.3) is 11.3 Å². The average Bonchev–Trinajstić information content (AvgIpc) is 3.03. The summed E-state index contributed by atoms with van der Waals surface area (Å²) >= 11 is 1.33. The Bertz CT molecular complexity index is 740. The van der Waals surface area contributed by atoms with Crippen molar-refractivity contribution < 1.29 is 13.9 Å². The number of hydrogen-bond donors (Lipinski definition) is 2. The third kappa shape index (κ3) is 4.68. The van der Waals surface area contributed by atoms with Gasteiger partial charge in [-0.05, 0) is 37.5 Å². The summed E-state index contributed by atoms with van der Waals surface area (Å²) in [5.41, 5.74) is 7.20. The van der Waals surface area contributed by atoms with Crippen LogP contribution in [0.5, 0.6) is 5.75 Å². The van der Waals surface area contributed by atoms with Crippen LogP contribution in [-0.2, 0) is 4.79 Å². The Morgan fingerprint density at radius 3 is 2.92 bits per heavy atom. The first-order valence-corrected chi connectivity index (χ1v) is 8.80. The minimum absolute atomic E-state index is 0. The molecule has 1 saturated carbocycles. The van der Waals surface area contributed by atoms with Crippen molar-refractivity contribution in [1.29, 1.82) is 0 Å². The topological polar surface area (TPSA) is 77.2 Å². The number of methoxy groups -OCH3 is 1. The Morgan fingerprint density at radius 1 is 1.44 bits per heavy atom. The number of nitrogens with zero attached hydrogens (tertiary/aromatic N) is 1. The SMILES string of the molecule is COc1ccc(-c2csc(NC(=O)C3CCCC(N)C3)n2)cc1F.Cl. The summed E-state index contributed by atoms with van der Waals surface area (Å²) in [6.45, 7) is 0. The van der Waals surface area contributed by atoms with E-state index in [0.717, 1.165) is 19.3 Å². The summed E-state index contributed by atoms with van der Waals surface area (Å²) in [5, 5.41) is 5.17. The number of anilines is 1. The van der Waals surface area contributed by atoms with Gasteiger partial charge in [0.2, 0.25) is 5.91 Å². The van der Waals surface area contributed by atoms with E-state index in [1.54, 1.807) is 17.5 Å². The van der Waals surface area contributed by atoms with E-state index in [9.17, 15) is 9.18 Å². The predicted octanol–water partition coefficient (Wildman–Crippen LogP) is 3.84. The number of aromatic nitrogens is 1. The third-order valence-electron chi connectivity index (χ3n) is 4.27. The highest BCUT2D eigenvalue weighted by Gasteiger charge is 2.25. The van der Waals surface area contributed by atoms with Gasteiger partial charge in [0.1, 0.15) is 0 Å². The molecule has 1 aliphatic carbocycles. The molecule has 1 aromatic heterocycles. The van der Waals surface area contributed by atoms with E-state index >= 15 is 0 Å². The number of nitrogens with one attached hydrogen (secondary N) is 1. The molecule has 1 heterocycles. The number of thiazole rings is 1. The molecular formula is C17H21ClFN3O2S. The molecule has 2 unspecified atom stereocenters. The standard InChI is InChI=1S/C17H20FN3O2S.ClH/c1-23-15-6-5-10(8-13(15)18)14-9-24-17(20-14)21-16(22)11-3-2-4-12(19)7-11;/h5-6,8-9,11-12H,2-4,7,19H2,1H3,(H,20,21,22);1H. The second-order valence-corrected chi connectivity index (χ2v) is 6.86. The molecule has 8 heteroatoms. The molecule has 1 aliphatic rings. The van der Waals surface area contributed by atoms with E-state index in [-0.39, 0.29) is 36.0 Å². The summed E-state index contributed by atoms with van der Waals surface area (Å²) < 4.78 is 18.7. The second-order valence-electron chi connectivity index (χ2n) is 6.00. The van der Waals surface area contributed by atoms with Crippen LogP contribution in [0, 0.1) is 11.7 Å². The van der Waals surface area contributed by atoms with Crippen molar-refractivity contribution in [3.63, 3.8) is 0 Å². The van der Waals surface area contributed by atoms with Crippen LogP contribution in [0.1, 0.15) is 25.7 Å². The molecule has 0 spiro atoms. The molecule has 136 valence electrons. The smallest absolute Gasteiger partial charge is 0.229 e. The van der Waals surface area contributed by atoms with Gasteiger partial charge in [-0.3, -0.25) is 4.79 Å². The van der Waals surface area contributed by atoms with E-state index in [1.165, 1.54) is 24.5 Å². The molecule has 0 aliphatic heterocycles. The molecule has 1 amide bonds. The monoisotopic (exact) mass is 385 g/mol. The lowest BCUT2D eigenvalue weighted by Gasteiger charge is -2.25. The number of ether oxygens (including phenoxy) is 1. The zero-order valence-corrected chi connectivity index (χ0v) is 15.5. The predicted molar refractivity (Wildman–Crippen MR) is 99.9 cm³/mol. The number of carbonyl (C=O) groups excluding carboxylic acids is 1. The van der Waals surface area contributed by atoms with E-state index in [2.05, 4.69) is 10.3 Å². The Morgan fingerprint density at radius 2 is 2.24 bits per heavy atom. The van der Waals surface area contributed by atoms with Gasteiger partial charge in [-0.2, -0.15) is 0 Å². The van der Waals surface area contributed by atoms with Crippen molar-refractivity contribution in [1.82, 2.24) is 4.98 Å². The number of hydrogen-bond acceptors (Lipinski definition) is 5. The van der Waals surface area contributed by atoms with Crippen molar-refractivity contribution in [3.05, 3.63) is 29.4 Å². The first kappa shape index (κ1) is 19.6. The molecule has 1 aromatic carbocycles. The van der Waals surface area contributed by atoms with Gasteiger partial charge >= 0.3 is 0 Å². The van der Waals surface area contributed by atoms with E-state index < -0.39 is 5.82 Å². The van der Waals surface area contributed by atoms with Crippen LogP contribution < -0.4 is 15.8 Å². The van der Waals surface area contributed by atoms with Crippen molar-refractivity contribution in [3.8, 4) is 17.0 Å². The highest BCUT2D eigenvalue weighted by molar-refractivity contribution is 7.14. The summed E-state index contributed by atoms with van der Waals surface area (Å²) in [4.78, 5) is 16.7. The number of carbonyl (C=O) groups is 1. The Hall–Kier alpha value is -1.70. The van der Waals surface area contributed by atoms with Crippen molar-refractivity contribution in [2.45, 2.75) is 31.7 Å². The van der Waals surface area contributed by atoms with Gasteiger partial charge in [0.05, 0.1) is 12.8 Å². The van der Waals surface area contributed by atoms with Crippen LogP contribution in [-0.4, -0.2) is 24.0 Å². The van der Waals surface area contributed by atoms with Crippen LogP contribution >= 0.6 is 23.7 Å². The average molecular weight is 386 g/mol. The van der Waals surface area contributed by atoms with Crippen LogP contribution in [0.2, 0.25) is 0 Å². The zero-order chi connectivity index (χ0) is 17.1. The first-order chi connectivity index (χ1) is 11.6. The van der Waals surface area contributed by atoms with E-state index in [0.29, 0.717) is 22.8 Å². The van der Waals surface area contributed by atoms with Crippen LogP contribution in [0.3, 0.4) is 0 Å². The maximum Gasteiger partial charge on any atom is 0.229 e. The highest BCUT2D eigenvalue weighted by Crippen LogP contribution is 2.29. The van der Waals surface area contributed by atoms with Gasteiger partial charge < -0.3 is 15.8 Å². The number of rotatable bonds is 4. The summed E-state index contributed by atoms with van der Waals surface area (Å²) in [7, 11) is 1.42. The second kappa shape index (κ2) is 8.60. The molecule has 3 N–H and O–H groups in total. The molecule has 2 atom stereocenters. The molecule has 25 heavy (non-hydrogen) atoms. The van der Waals surface area contributed by atoms with Crippen molar-refractivity contribution in [2.24, 2.45) is 11.7 Å². The molecule has 0 bridgehead atoms. The number of halogens is 2. The minimum atomic E-state index is -0.440. The van der Waals surface area contributed by atoms with Crippen LogP contribution in [0.4, 0.5) is 9.52 Å². The van der Waals surface area contributed by atoms with Gasteiger partial charge in [0.15, 0.2) is 16.7 Å². The number of amides is 1. The number of benzene rings is 1. The van der Waals surface area contributed by atoms with Gasteiger partial charge in [-0.25, -0.2) is 9.37 Å². The molecular weight excluding hydrogens is 365 g/mol. The van der Waals surface area contributed by atoms with Gasteiger partial charge in [0, 0.05) is 22.9 Å². The first-order valence-electron chi connectivity index (χ1n) is 7.92. The quantitative estimate of drug-likeness (QED) is 0.838. The minimum Gasteiger partial charge on any atom is -0.494 e. The normalized spacial score (nSPS) is 19.8. The molecule has 5 nitrogen and oxygen atoms in total. The fraction of sp³-hybridized carbons (Fsp3) is 0.412. The van der Waals surface area contributed by atoms with Gasteiger partial charge in [0.25, 0.3) is 0 Å². The van der Waals surface area contributed by atoms with Gasteiger partial charge in [-0.1, -0.05) is 6.42 Å². The molecule has 2 aromatic rings. The largest absolute Gasteiger partial charge is 0.494 e. The Balaban J connectivity index is 0.00000225. The molecule has 0 saturated heterocycles.